The number of nitrogens with zero attached hydrogens (tertiary/aromatic N) is 3. The second-order valence-electron chi connectivity index (χ2n) is 7.28. The van der Waals surface area contributed by atoms with Crippen molar-refractivity contribution in [1.29, 1.82) is 0 Å². The molecule has 5 nitrogen and oxygen atoms in total. The Morgan fingerprint density at radius 3 is 2.63 bits per heavy atom. The molecule has 0 aliphatic carbocycles. The zero-order chi connectivity index (χ0) is 18.8. The van der Waals surface area contributed by atoms with Crippen molar-refractivity contribution in [1.82, 2.24) is 9.88 Å². The highest BCUT2D eigenvalue weighted by Crippen LogP contribution is 2.30. The van der Waals surface area contributed by atoms with Gasteiger partial charge in [-0.3, -0.25) is 4.98 Å². The minimum absolute atomic E-state index is 0.0442. The molecular weight excluding hydrogens is 336 g/mol. The summed E-state index contributed by atoms with van der Waals surface area (Å²) in [7, 11) is 2.19. The summed E-state index contributed by atoms with van der Waals surface area (Å²) in [5, 5.41) is 14.2. The van der Waals surface area contributed by atoms with Crippen molar-refractivity contribution >= 4 is 28.0 Å². The first kappa shape index (κ1) is 17.8. The lowest BCUT2D eigenvalue weighted by atomic mass is 10.1. The molecule has 1 atom stereocenters. The quantitative estimate of drug-likeness (QED) is 0.743. The highest BCUT2D eigenvalue weighted by molar-refractivity contribution is 5.94. The van der Waals surface area contributed by atoms with Gasteiger partial charge in [0.2, 0.25) is 0 Å². The number of hydrogen-bond donors (Lipinski definition) is 2. The van der Waals surface area contributed by atoms with Gasteiger partial charge in [-0.15, -0.1) is 0 Å². The van der Waals surface area contributed by atoms with Crippen LogP contribution in [0.3, 0.4) is 0 Å². The Labute approximate surface area is 160 Å². The van der Waals surface area contributed by atoms with Crippen LogP contribution in [-0.2, 0) is 6.61 Å². The number of hydrogen-bond acceptors (Lipinski definition) is 5. The topological polar surface area (TPSA) is 51.6 Å². The zero-order valence-corrected chi connectivity index (χ0v) is 15.9. The van der Waals surface area contributed by atoms with Crippen LogP contribution in [0.5, 0.6) is 0 Å². The Morgan fingerprint density at radius 2 is 1.89 bits per heavy atom. The molecule has 0 spiro atoms. The fourth-order valence-electron chi connectivity index (χ4n) is 3.63. The minimum atomic E-state index is -0.0442. The van der Waals surface area contributed by atoms with Gasteiger partial charge in [-0.2, -0.15) is 0 Å². The van der Waals surface area contributed by atoms with E-state index in [0.29, 0.717) is 6.04 Å². The molecule has 0 radical (unpaired) electrons. The molecule has 0 bridgehead atoms. The van der Waals surface area contributed by atoms with Gasteiger partial charge in [-0.05, 0) is 44.3 Å². The van der Waals surface area contributed by atoms with Crippen LogP contribution in [0.25, 0.3) is 10.9 Å². The third-order valence-corrected chi connectivity index (χ3v) is 5.49. The van der Waals surface area contributed by atoms with Crippen molar-refractivity contribution in [3.8, 4) is 0 Å². The highest BCUT2D eigenvalue weighted by atomic mass is 16.3. The number of nitrogens with one attached hydrogen (secondary N) is 1. The average molecular weight is 362 g/mol. The summed E-state index contributed by atoms with van der Waals surface area (Å²) in [6, 6.07) is 17.1. The van der Waals surface area contributed by atoms with E-state index < -0.39 is 0 Å². The van der Waals surface area contributed by atoms with Crippen LogP contribution in [0.2, 0.25) is 0 Å². The van der Waals surface area contributed by atoms with Crippen molar-refractivity contribution in [3.63, 3.8) is 0 Å². The number of pyridine rings is 1. The largest absolute Gasteiger partial charge is 0.392 e. The maximum atomic E-state index is 9.73. The highest BCUT2D eigenvalue weighted by Gasteiger charge is 2.20. The summed E-state index contributed by atoms with van der Waals surface area (Å²) in [6.07, 6.45) is 1.74. The van der Waals surface area contributed by atoms with Crippen LogP contribution in [0.1, 0.15) is 12.5 Å². The minimum Gasteiger partial charge on any atom is -0.392 e. The molecule has 0 amide bonds. The zero-order valence-electron chi connectivity index (χ0n) is 15.9. The van der Waals surface area contributed by atoms with Crippen LogP contribution < -0.4 is 10.2 Å². The summed E-state index contributed by atoms with van der Waals surface area (Å²) < 4.78 is 0. The van der Waals surface area contributed by atoms with Gasteiger partial charge in [0, 0.05) is 54.2 Å². The summed E-state index contributed by atoms with van der Waals surface area (Å²) in [5.74, 6) is 0. The number of aliphatic hydroxyl groups is 1. The van der Waals surface area contributed by atoms with Crippen LogP contribution >= 0.6 is 0 Å². The summed E-state index contributed by atoms with van der Waals surface area (Å²) in [6.45, 7) is 5.42. The van der Waals surface area contributed by atoms with Crippen molar-refractivity contribution in [2.75, 3.05) is 36.9 Å². The number of likely N-dealkylation sites (N-methyl/N-ethyl adjacent to an activating group) is 1. The average Bonchev–Trinajstić information content (AvgIpc) is 2.71. The lowest BCUT2D eigenvalue weighted by Gasteiger charge is -2.39. The van der Waals surface area contributed by atoms with Crippen molar-refractivity contribution in [2.24, 2.45) is 0 Å². The fourth-order valence-corrected chi connectivity index (χ4v) is 3.63. The van der Waals surface area contributed by atoms with Gasteiger partial charge >= 0.3 is 0 Å². The summed E-state index contributed by atoms with van der Waals surface area (Å²) in [5.41, 5.74) is 4.89. The molecule has 0 saturated carbocycles. The SMILES string of the molecule is C[C@H]1CN(c2ccc(Nc3c(CO)cnc4ccccc34)cc2)CCN1C. The summed E-state index contributed by atoms with van der Waals surface area (Å²) in [4.78, 5) is 9.27. The molecule has 27 heavy (non-hydrogen) atoms. The van der Waals surface area contributed by atoms with Gasteiger partial charge in [0.25, 0.3) is 0 Å². The Morgan fingerprint density at radius 1 is 1.11 bits per heavy atom. The number of para-hydroxylation sites is 1. The predicted octanol–water partition coefficient (Wildman–Crippen LogP) is 3.61. The van der Waals surface area contributed by atoms with E-state index in [-0.39, 0.29) is 6.61 Å². The lowest BCUT2D eigenvalue weighted by Crippen LogP contribution is -2.50. The molecule has 1 saturated heterocycles. The predicted molar refractivity (Wildman–Crippen MR) is 112 cm³/mol. The molecule has 3 aromatic rings. The summed E-state index contributed by atoms with van der Waals surface area (Å²) >= 11 is 0. The first-order chi connectivity index (χ1) is 13.2. The molecule has 1 aromatic heterocycles. The molecule has 0 unspecified atom stereocenters. The fraction of sp³-hybridized carbons (Fsp3) is 0.318. The number of anilines is 3. The van der Waals surface area contributed by atoms with Crippen molar-refractivity contribution < 1.29 is 5.11 Å². The van der Waals surface area contributed by atoms with E-state index in [1.165, 1.54) is 5.69 Å². The van der Waals surface area contributed by atoms with Gasteiger partial charge in [-0.1, -0.05) is 18.2 Å². The molecule has 1 aliphatic heterocycles. The molecule has 2 heterocycles. The molecule has 140 valence electrons. The second-order valence-corrected chi connectivity index (χ2v) is 7.28. The first-order valence-electron chi connectivity index (χ1n) is 9.45. The van der Waals surface area contributed by atoms with E-state index >= 15 is 0 Å². The molecule has 1 fully saturated rings. The van der Waals surface area contributed by atoms with Crippen LogP contribution in [0.15, 0.2) is 54.7 Å². The van der Waals surface area contributed by atoms with Crippen LogP contribution in [-0.4, -0.2) is 47.7 Å². The van der Waals surface area contributed by atoms with Gasteiger partial charge in [0.15, 0.2) is 0 Å². The van der Waals surface area contributed by atoms with Gasteiger partial charge in [0.05, 0.1) is 17.8 Å². The smallest absolute Gasteiger partial charge is 0.0723 e. The molecule has 4 rings (SSSR count). The molecule has 1 aliphatic rings. The van der Waals surface area contributed by atoms with Crippen LogP contribution in [0, 0.1) is 0 Å². The van der Waals surface area contributed by atoms with E-state index in [9.17, 15) is 5.11 Å². The first-order valence-corrected chi connectivity index (χ1v) is 9.45. The number of fused-ring (bicyclic) bond motifs is 1. The van der Waals surface area contributed by atoms with Crippen LogP contribution in [0.4, 0.5) is 17.1 Å². The Kier molecular flexibility index (Phi) is 4.97. The lowest BCUT2D eigenvalue weighted by molar-refractivity contribution is 0.234. The Hall–Kier alpha value is -2.63. The Bertz CT molecular complexity index is 925. The maximum Gasteiger partial charge on any atom is 0.0723 e. The van der Waals surface area contributed by atoms with Gasteiger partial charge in [0.1, 0.15) is 0 Å². The van der Waals surface area contributed by atoms with Gasteiger partial charge < -0.3 is 20.2 Å². The number of rotatable bonds is 4. The molecule has 2 aromatic carbocycles. The van der Waals surface area contributed by atoms with Gasteiger partial charge in [-0.25, -0.2) is 0 Å². The third-order valence-electron chi connectivity index (χ3n) is 5.49. The van der Waals surface area contributed by atoms with Crippen molar-refractivity contribution in [2.45, 2.75) is 19.6 Å². The number of aromatic nitrogens is 1. The number of benzene rings is 2. The normalized spacial score (nSPS) is 18.0. The van der Waals surface area contributed by atoms with E-state index in [2.05, 4.69) is 58.3 Å². The second kappa shape index (κ2) is 7.55. The third kappa shape index (κ3) is 3.61. The standard InChI is InChI=1S/C22H26N4O/c1-16-14-26(12-11-25(16)2)19-9-7-18(8-10-19)24-22-17(15-27)13-23-21-6-4-3-5-20(21)22/h3-10,13,16,27H,11-12,14-15H2,1-2H3,(H,23,24)/t16-/m0/s1. The molecule has 5 heteroatoms. The van der Waals surface area contributed by atoms with E-state index in [0.717, 1.165) is 47.5 Å². The number of aliphatic hydroxyl groups excluding tert-OH is 1. The Balaban J connectivity index is 1.58. The maximum absolute atomic E-state index is 9.73. The molecular formula is C22H26N4O. The number of piperazine rings is 1. The van der Waals surface area contributed by atoms with E-state index in [4.69, 9.17) is 0 Å². The monoisotopic (exact) mass is 362 g/mol. The molecule has 2 N–H and O–H groups in total. The van der Waals surface area contributed by atoms with Crippen molar-refractivity contribution in [3.05, 3.63) is 60.3 Å². The van der Waals surface area contributed by atoms with E-state index in [1.807, 2.05) is 24.3 Å². The van der Waals surface area contributed by atoms with E-state index in [1.54, 1.807) is 6.20 Å².